The molecular formula is C12H14N2O. The number of rotatable bonds is 4. The third-order valence-electron chi connectivity index (χ3n) is 2.38. The van der Waals surface area contributed by atoms with Crippen LogP contribution in [0.2, 0.25) is 0 Å². The van der Waals surface area contributed by atoms with Crippen LogP contribution in [0.1, 0.15) is 18.1 Å². The van der Waals surface area contributed by atoms with Crippen LogP contribution in [0.5, 0.6) is 0 Å². The van der Waals surface area contributed by atoms with Crippen LogP contribution in [0, 0.1) is 0 Å². The van der Waals surface area contributed by atoms with Crippen LogP contribution < -0.4 is 0 Å². The number of nitrogens with zero attached hydrogens (tertiary/aromatic N) is 2. The maximum atomic E-state index is 9.88. The van der Waals surface area contributed by atoms with Gasteiger partial charge in [0, 0.05) is 18.9 Å². The lowest BCUT2D eigenvalue weighted by molar-refractivity contribution is 0.159. The van der Waals surface area contributed by atoms with Crippen molar-refractivity contribution in [2.75, 3.05) is 0 Å². The van der Waals surface area contributed by atoms with E-state index in [-0.39, 0.29) is 0 Å². The van der Waals surface area contributed by atoms with Gasteiger partial charge in [-0.2, -0.15) is 5.10 Å². The lowest BCUT2D eigenvalue weighted by Crippen LogP contribution is -2.04. The van der Waals surface area contributed by atoms with Crippen LogP contribution in [0.25, 0.3) is 0 Å². The molecule has 1 aromatic heterocycles. The highest BCUT2D eigenvalue weighted by atomic mass is 16.3. The summed E-state index contributed by atoms with van der Waals surface area (Å²) in [7, 11) is 0. The topological polar surface area (TPSA) is 38.0 Å². The number of aliphatic hydroxyl groups is 1. The fourth-order valence-electron chi connectivity index (χ4n) is 1.53. The Morgan fingerprint density at radius 3 is 2.67 bits per heavy atom. The first-order valence-electron chi connectivity index (χ1n) is 5.07. The van der Waals surface area contributed by atoms with Crippen LogP contribution in [0.15, 0.2) is 48.8 Å². The van der Waals surface area contributed by atoms with Gasteiger partial charge in [0.15, 0.2) is 0 Å². The van der Waals surface area contributed by atoms with Gasteiger partial charge in [-0.25, -0.2) is 0 Å². The van der Waals surface area contributed by atoms with Gasteiger partial charge in [-0.15, -0.1) is 0 Å². The Balaban J connectivity index is 1.90. The summed E-state index contributed by atoms with van der Waals surface area (Å²) < 4.78 is 1.83. The molecule has 15 heavy (non-hydrogen) atoms. The Labute approximate surface area is 89.0 Å². The first-order chi connectivity index (χ1) is 7.36. The first kappa shape index (κ1) is 9.93. The minimum Gasteiger partial charge on any atom is -0.388 e. The molecular weight excluding hydrogens is 188 g/mol. The Bertz CT molecular complexity index is 383. The molecule has 2 aromatic rings. The highest BCUT2D eigenvalue weighted by Crippen LogP contribution is 2.16. The molecule has 1 unspecified atom stereocenters. The Morgan fingerprint density at radius 1 is 1.20 bits per heavy atom. The van der Waals surface area contributed by atoms with Crippen molar-refractivity contribution in [3.8, 4) is 0 Å². The summed E-state index contributed by atoms with van der Waals surface area (Å²) in [4.78, 5) is 0. The van der Waals surface area contributed by atoms with Crippen molar-refractivity contribution >= 4 is 0 Å². The van der Waals surface area contributed by atoms with E-state index in [1.165, 1.54) is 0 Å². The van der Waals surface area contributed by atoms with E-state index in [2.05, 4.69) is 5.10 Å². The quantitative estimate of drug-likeness (QED) is 0.823. The van der Waals surface area contributed by atoms with Crippen molar-refractivity contribution in [3.63, 3.8) is 0 Å². The predicted molar refractivity (Wildman–Crippen MR) is 58.2 cm³/mol. The van der Waals surface area contributed by atoms with E-state index >= 15 is 0 Å². The van der Waals surface area contributed by atoms with Gasteiger partial charge in [0.2, 0.25) is 0 Å². The average Bonchev–Trinajstić information content (AvgIpc) is 2.80. The lowest BCUT2D eigenvalue weighted by Gasteiger charge is -2.10. The molecule has 3 heteroatoms. The molecule has 0 radical (unpaired) electrons. The predicted octanol–water partition coefficient (Wildman–Crippen LogP) is 2.01. The molecule has 1 N–H and O–H groups in total. The molecule has 0 spiro atoms. The molecule has 0 amide bonds. The van der Waals surface area contributed by atoms with E-state index < -0.39 is 6.10 Å². The fourth-order valence-corrected chi connectivity index (χ4v) is 1.53. The number of aryl methyl sites for hydroxylation is 1. The molecule has 0 saturated carbocycles. The summed E-state index contributed by atoms with van der Waals surface area (Å²) in [6, 6.07) is 11.6. The van der Waals surface area contributed by atoms with Crippen LogP contribution in [0.3, 0.4) is 0 Å². The summed E-state index contributed by atoms with van der Waals surface area (Å²) in [5.41, 5.74) is 0.963. The van der Waals surface area contributed by atoms with Crippen molar-refractivity contribution in [3.05, 3.63) is 54.4 Å². The molecule has 0 bridgehead atoms. The van der Waals surface area contributed by atoms with Gasteiger partial charge in [0.1, 0.15) is 0 Å². The molecule has 1 aromatic carbocycles. The van der Waals surface area contributed by atoms with Crippen LogP contribution >= 0.6 is 0 Å². The second-order valence-corrected chi connectivity index (χ2v) is 3.48. The highest BCUT2D eigenvalue weighted by molar-refractivity contribution is 5.16. The van der Waals surface area contributed by atoms with Gasteiger partial charge in [-0.05, 0) is 18.1 Å². The largest absolute Gasteiger partial charge is 0.388 e. The molecule has 2 rings (SSSR count). The van der Waals surface area contributed by atoms with E-state index in [4.69, 9.17) is 0 Å². The van der Waals surface area contributed by atoms with Crippen molar-refractivity contribution in [1.29, 1.82) is 0 Å². The molecule has 0 fully saturated rings. The Kier molecular flexibility index (Phi) is 3.15. The van der Waals surface area contributed by atoms with Crippen LogP contribution in [-0.2, 0) is 6.54 Å². The molecule has 1 atom stereocenters. The van der Waals surface area contributed by atoms with E-state index in [9.17, 15) is 5.11 Å². The summed E-state index contributed by atoms with van der Waals surface area (Å²) in [6.45, 7) is 0.739. The fraction of sp³-hybridized carbons (Fsp3) is 0.250. The van der Waals surface area contributed by atoms with Gasteiger partial charge in [0.25, 0.3) is 0 Å². The van der Waals surface area contributed by atoms with Gasteiger partial charge in [0.05, 0.1) is 6.10 Å². The van der Waals surface area contributed by atoms with Gasteiger partial charge in [-0.3, -0.25) is 4.68 Å². The molecule has 0 aliphatic heterocycles. The van der Waals surface area contributed by atoms with Crippen molar-refractivity contribution in [2.45, 2.75) is 19.1 Å². The van der Waals surface area contributed by atoms with Crippen molar-refractivity contribution in [1.82, 2.24) is 9.78 Å². The zero-order valence-corrected chi connectivity index (χ0v) is 8.45. The third-order valence-corrected chi connectivity index (χ3v) is 2.38. The lowest BCUT2D eigenvalue weighted by atomic mass is 10.1. The standard InChI is InChI=1S/C12H14N2O/c15-12(11-5-2-1-3-6-11)7-10-14-9-4-8-13-14/h1-6,8-9,12,15H,7,10H2. The summed E-state index contributed by atoms with van der Waals surface area (Å²) >= 11 is 0. The third kappa shape index (κ3) is 2.67. The molecule has 1 heterocycles. The summed E-state index contributed by atoms with van der Waals surface area (Å²) in [6.07, 6.45) is 3.92. The summed E-state index contributed by atoms with van der Waals surface area (Å²) in [5, 5.41) is 14.0. The molecule has 0 saturated heterocycles. The van der Waals surface area contributed by atoms with E-state index in [0.29, 0.717) is 6.42 Å². The highest BCUT2D eigenvalue weighted by Gasteiger charge is 2.06. The van der Waals surface area contributed by atoms with Crippen LogP contribution in [-0.4, -0.2) is 14.9 Å². The normalized spacial score (nSPS) is 12.6. The monoisotopic (exact) mass is 202 g/mol. The molecule has 0 aliphatic rings. The molecule has 3 nitrogen and oxygen atoms in total. The van der Waals surface area contributed by atoms with Crippen molar-refractivity contribution < 1.29 is 5.11 Å². The Morgan fingerprint density at radius 2 is 2.00 bits per heavy atom. The smallest absolute Gasteiger partial charge is 0.0807 e. The van der Waals surface area contributed by atoms with E-state index in [1.807, 2.05) is 47.3 Å². The second-order valence-electron chi connectivity index (χ2n) is 3.48. The van der Waals surface area contributed by atoms with Gasteiger partial charge >= 0.3 is 0 Å². The van der Waals surface area contributed by atoms with Crippen molar-refractivity contribution in [2.24, 2.45) is 0 Å². The summed E-state index contributed by atoms with van der Waals surface area (Å²) in [5.74, 6) is 0. The number of aromatic nitrogens is 2. The molecule has 78 valence electrons. The Hall–Kier alpha value is -1.61. The minimum absolute atomic E-state index is 0.407. The van der Waals surface area contributed by atoms with E-state index in [0.717, 1.165) is 12.1 Å². The zero-order valence-electron chi connectivity index (χ0n) is 8.45. The maximum absolute atomic E-state index is 9.88. The maximum Gasteiger partial charge on any atom is 0.0807 e. The SMILES string of the molecule is OC(CCn1cccn1)c1ccccc1. The van der Waals surface area contributed by atoms with Gasteiger partial charge in [-0.1, -0.05) is 30.3 Å². The number of benzene rings is 1. The number of aliphatic hydroxyl groups excluding tert-OH is 1. The first-order valence-corrected chi connectivity index (χ1v) is 5.07. The minimum atomic E-state index is -0.407. The van der Waals surface area contributed by atoms with E-state index in [1.54, 1.807) is 6.20 Å². The van der Waals surface area contributed by atoms with Gasteiger partial charge < -0.3 is 5.11 Å². The number of hydrogen-bond acceptors (Lipinski definition) is 2. The van der Waals surface area contributed by atoms with Crippen LogP contribution in [0.4, 0.5) is 0 Å². The zero-order chi connectivity index (χ0) is 10.5. The number of hydrogen-bond donors (Lipinski definition) is 1. The second kappa shape index (κ2) is 4.75. The average molecular weight is 202 g/mol. The molecule has 0 aliphatic carbocycles.